The van der Waals surface area contributed by atoms with Gasteiger partial charge in [0.15, 0.2) is 5.82 Å². The van der Waals surface area contributed by atoms with Crippen LogP contribution in [0.3, 0.4) is 0 Å². The topological polar surface area (TPSA) is 90.0 Å². The predicted octanol–water partition coefficient (Wildman–Crippen LogP) is 2.72. The number of amides is 1. The van der Waals surface area contributed by atoms with Gasteiger partial charge in [-0.05, 0) is 58.0 Å². The summed E-state index contributed by atoms with van der Waals surface area (Å²) >= 11 is 0. The summed E-state index contributed by atoms with van der Waals surface area (Å²) in [5.41, 5.74) is 5.61. The molecule has 0 aliphatic heterocycles. The lowest BCUT2D eigenvalue weighted by Crippen LogP contribution is -2.15. The molecular weight excluding hydrogens is 354 g/mol. The van der Waals surface area contributed by atoms with Gasteiger partial charge >= 0.3 is 0 Å². The van der Waals surface area contributed by atoms with Crippen LogP contribution in [0.15, 0.2) is 36.7 Å². The van der Waals surface area contributed by atoms with Gasteiger partial charge in [0.1, 0.15) is 0 Å². The Bertz CT molecular complexity index is 1170. The molecule has 0 saturated heterocycles. The molecule has 3 aromatic heterocycles. The third-order valence-electron chi connectivity index (χ3n) is 4.66. The van der Waals surface area contributed by atoms with E-state index in [0.717, 1.165) is 34.2 Å². The Labute approximate surface area is 162 Å². The molecule has 0 saturated carbocycles. The second kappa shape index (κ2) is 6.88. The Hall–Kier alpha value is -3.55. The van der Waals surface area contributed by atoms with Crippen molar-refractivity contribution in [2.24, 2.45) is 0 Å². The lowest BCUT2D eigenvalue weighted by Gasteiger charge is -2.08. The summed E-state index contributed by atoms with van der Waals surface area (Å²) in [5, 5.41) is 7.26. The Morgan fingerprint density at radius 2 is 1.82 bits per heavy atom. The predicted molar refractivity (Wildman–Crippen MR) is 106 cm³/mol. The van der Waals surface area contributed by atoms with Gasteiger partial charge in [-0.25, -0.2) is 14.5 Å². The van der Waals surface area contributed by atoms with Gasteiger partial charge in [-0.1, -0.05) is 0 Å². The van der Waals surface area contributed by atoms with Gasteiger partial charge in [-0.2, -0.15) is 4.98 Å². The van der Waals surface area contributed by atoms with E-state index in [9.17, 15) is 4.79 Å². The average Bonchev–Trinajstić information content (AvgIpc) is 3.19. The summed E-state index contributed by atoms with van der Waals surface area (Å²) in [6, 6.07) is 9.56. The van der Waals surface area contributed by atoms with Crippen molar-refractivity contribution in [3.05, 3.63) is 65.3 Å². The number of hydrogen-bond acceptors (Lipinski definition) is 5. The minimum Gasteiger partial charge on any atom is -0.326 e. The monoisotopic (exact) mass is 375 g/mol. The van der Waals surface area contributed by atoms with Crippen molar-refractivity contribution in [1.29, 1.82) is 0 Å². The highest BCUT2D eigenvalue weighted by Crippen LogP contribution is 2.17. The quantitative estimate of drug-likeness (QED) is 0.592. The third kappa shape index (κ3) is 3.36. The molecule has 142 valence electrons. The summed E-state index contributed by atoms with van der Waals surface area (Å²) in [7, 11) is 0. The third-order valence-corrected chi connectivity index (χ3v) is 4.66. The van der Waals surface area contributed by atoms with E-state index in [2.05, 4.69) is 25.4 Å². The van der Waals surface area contributed by atoms with Crippen molar-refractivity contribution >= 4 is 17.4 Å². The normalized spacial score (nSPS) is 11.1. The molecule has 8 heteroatoms. The number of nitrogens with one attached hydrogen (secondary N) is 1. The minimum absolute atomic E-state index is 0.0867. The molecule has 0 radical (unpaired) electrons. The van der Waals surface area contributed by atoms with Crippen LogP contribution in [0.25, 0.3) is 11.5 Å². The van der Waals surface area contributed by atoms with Gasteiger partial charge < -0.3 is 9.88 Å². The molecule has 1 aromatic carbocycles. The smallest absolute Gasteiger partial charge is 0.252 e. The van der Waals surface area contributed by atoms with Gasteiger partial charge in [0, 0.05) is 28.5 Å². The average molecular weight is 375 g/mol. The van der Waals surface area contributed by atoms with Crippen LogP contribution < -0.4 is 5.32 Å². The number of carbonyl (C=O) groups excluding carboxylic acids is 1. The first-order chi connectivity index (χ1) is 13.4. The second-order valence-electron chi connectivity index (χ2n) is 6.84. The summed E-state index contributed by atoms with van der Waals surface area (Å²) in [6.45, 7) is 7.85. The minimum atomic E-state index is -0.173. The van der Waals surface area contributed by atoms with Crippen LogP contribution in [-0.2, 0) is 11.2 Å². The lowest BCUT2D eigenvalue weighted by atomic mass is 10.2. The maximum Gasteiger partial charge on any atom is 0.252 e. The van der Waals surface area contributed by atoms with Crippen LogP contribution in [-0.4, -0.2) is 35.0 Å². The molecule has 4 rings (SSSR count). The molecular formula is C20H21N7O. The van der Waals surface area contributed by atoms with E-state index in [1.165, 1.54) is 0 Å². The van der Waals surface area contributed by atoms with Gasteiger partial charge in [0.05, 0.1) is 18.4 Å². The summed E-state index contributed by atoms with van der Waals surface area (Å²) < 4.78 is 3.67. The fourth-order valence-corrected chi connectivity index (χ4v) is 3.10. The number of fused-ring (bicyclic) bond motifs is 1. The molecule has 3 heterocycles. The summed E-state index contributed by atoms with van der Waals surface area (Å²) in [4.78, 5) is 25.4. The Morgan fingerprint density at radius 3 is 2.50 bits per heavy atom. The number of carbonyl (C=O) groups is 1. The highest BCUT2D eigenvalue weighted by Gasteiger charge is 2.12. The Kier molecular flexibility index (Phi) is 4.38. The second-order valence-corrected chi connectivity index (χ2v) is 6.84. The van der Waals surface area contributed by atoms with E-state index in [1.54, 1.807) is 10.8 Å². The van der Waals surface area contributed by atoms with Crippen molar-refractivity contribution in [1.82, 2.24) is 29.1 Å². The number of imidazole rings is 1. The van der Waals surface area contributed by atoms with Crippen molar-refractivity contribution in [3.8, 4) is 5.69 Å². The molecule has 0 bridgehead atoms. The van der Waals surface area contributed by atoms with Crippen LogP contribution in [0.1, 0.15) is 28.6 Å². The fraction of sp³-hybridized carbons (Fsp3) is 0.250. The number of hydrogen-bond donors (Lipinski definition) is 1. The van der Waals surface area contributed by atoms with E-state index in [1.807, 2.05) is 62.6 Å². The van der Waals surface area contributed by atoms with Crippen molar-refractivity contribution in [2.45, 2.75) is 34.1 Å². The number of aromatic nitrogens is 6. The van der Waals surface area contributed by atoms with Crippen LogP contribution >= 0.6 is 0 Å². The maximum absolute atomic E-state index is 12.4. The number of rotatable bonds is 4. The number of nitrogens with zero attached hydrogens (tertiary/aromatic N) is 6. The molecule has 0 unspecified atom stereocenters. The summed E-state index contributed by atoms with van der Waals surface area (Å²) in [5.74, 6) is 0.781. The van der Waals surface area contributed by atoms with E-state index >= 15 is 0 Å². The van der Waals surface area contributed by atoms with Crippen LogP contribution in [0.4, 0.5) is 5.69 Å². The molecule has 0 atom stereocenters. The van der Waals surface area contributed by atoms with E-state index < -0.39 is 0 Å². The number of anilines is 1. The Morgan fingerprint density at radius 1 is 1.07 bits per heavy atom. The zero-order chi connectivity index (χ0) is 19.8. The van der Waals surface area contributed by atoms with Gasteiger partial charge in [-0.15, -0.1) is 5.10 Å². The zero-order valence-corrected chi connectivity index (χ0v) is 16.3. The number of aryl methyl sites for hydroxylation is 3. The van der Waals surface area contributed by atoms with E-state index in [0.29, 0.717) is 11.6 Å². The SMILES string of the molecule is Cc1cc(C)n2nc(CC(=O)Nc3ccc(-n4cnc(C)c4C)cc3)nc2n1. The molecule has 0 aliphatic rings. The molecule has 0 aliphatic carbocycles. The first-order valence-corrected chi connectivity index (χ1v) is 9.01. The molecule has 28 heavy (non-hydrogen) atoms. The van der Waals surface area contributed by atoms with Crippen LogP contribution in [0.5, 0.6) is 0 Å². The molecule has 0 fully saturated rings. The zero-order valence-electron chi connectivity index (χ0n) is 16.3. The first kappa shape index (κ1) is 17.8. The summed E-state index contributed by atoms with van der Waals surface area (Å²) in [6.07, 6.45) is 1.88. The highest BCUT2D eigenvalue weighted by molar-refractivity contribution is 5.91. The molecule has 1 N–H and O–H groups in total. The van der Waals surface area contributed by atoms with Crippen molar-refractivity contribution < 1.29 is 4.79 Å². The molecule has 0 spiro atoms. The van der Waals surface area contributed by atoms with Crippen LogP contribution in [0.2, 0.25) is 0 Å². The van der Waals surface area contributed by atoms with Crippen molar-refractivity contribution in [2.75, 3.05) is 5.32 Å². The van der Waals surface area contributed by atoms with Gasteiger partial charge in [0.2, 0.25) is 5.91 Å². The lowest BCUT2D eigenvalue weighted by molar-refractivity contribution is -0.115. The highest BCUT2D eigenvalue weighted by atomic mass is 16.1. The first-order valence-electron chi connectivity index (χ1n) is 9.01. The Balaban J connectivity index is 1.46. The van der Waals surface area contributed by atoms with Gasteiger partial charge in [0.25, 0.3) is 5.78 Å². The molecule has 1 amide bonds. The fourth-order valence-electron chi connectivity index (χ4n) is 3.10. The van der Waals surface area contributed by atoms with Crippen LogP contribution in [0, 0.1) is 27.7 Å². The molecule has 4 aromatic rings. The van der Waals surface area contributed by atoms with E-state index in [4.69, 9.17) is 0 Å². The van der Waals surface area contributed by atoms with Gasteiger partial charge in [-0.3, -0.25) is 4.79 Å². The number of benzene rings is 1. The van der Waals surface area contributed by atoms with Crippen molar-refractivity contribution in [3.63, 3.8) is 0 Å². The maximum atomic E-state index is 12.4. The largest absolute Gasteiger partial charge is 0.326 e. The van der Waals surface area contributed by atoms with E-state index in [-0.39, 0.29) is 12.3 Å². The standard InChI is InChI=1S/C20H21N7O/c1-12-9-13(2)27-20(22-12)24-18(25-27)10-19(28)23-16-5-7-17(8-6-16)26-11-21-14(3)15(26)4/h5-9,11H,10H2,1-4H3,(H,23,28). The molecule has 8 nitrogen and oxygen atoms in total.